The maximum Gasteiger partial charge on any atom is 0.0482 e. The fourth-order valence-electron chi connectivity index (χ4n) is 2.49. The Hall–Kier alpha value is -1.50. The summed E-state index contributed by atoms with van der Waals surface area (Å²) in [6, 6.07) is 8.65. The molecule has 1 heterocycles. The number of fused-ring (bicyclic) bond motifs is 1. The number of allylic oxidation sites excluding steroid dienone is 2. The molecule has 2 rings (SSSR count). The van der Waals surface area contributed by atoms with Crippen molar-refractivity contribution >= 4 is 10.9 Å². The van der Waals surface area contributed by atoms with E-state index in [2.05, 4.69) is 62.7 Å². The summed E-state index contributed by atoms with van der Waals surface area (Å²) < 4.78 is 2.34. The molecular weight excluding hydrogens is 206 g/mol. The molecule has 2 aromatic rings. The van der Waals surface area contributed by atoms with Crippen molar-refractivity contribution in [2.45, 2.75) is 33.6 Å². The Balaban J connectivity index is 2.37. The minimum absolute atomic E-state index is 1.13. The molecule has 17 heavy (non-hydrogen) atoms. The van der Waals surface area contributed by atoms with Gasteiger partial charge in [0.15, 0.2) is 0 Å². The van der Waals surface area contributed by atoms with Gasteiger partial charge in [-0.25, -0.2) is 0 Å². The summed E-state index contributed by atoms with van der Waals surface area (Å²) in [6.45, 7) is 6.56. The van der Waals surface area contributed by atoms with E-state index in [1.807, 2.05) is 0 Å². The summed E-state index contributed by atoms with van der Waals surface area (Å²) >= 11 is 0. The minimum atomic E-state index is 1.13. The molecule has 0 radical (unpaired) electrons. The van der Waals surface area contributed by atoms with Crippen molar-refractivity contribution in [1.29, 1.82) is 0 Å². The van der Waals surface area contributed by atoms with Crippen LogP contribution in [0, 0.1) is 6.92 Å². The number of rotatable bonds is 3. The molecule has 0 aliphatic heterocycles. The third kappa shape index (κ3) is 2.28. The first-order valence-corrected chi connectivity index (χ1v) is 6.27. The molecule has 1 heteroatoms. The summed E-state index contributed by atoms with van der Waals surface area (Å²) in [5, 5.41) is 1.39. The first kappa shape index (κ1) is 12.0. The quantitative estimate of drug-likeness (QED) is 0.685. The molecule has 0 saturated heterocycles. The lowest BCUT2D eigenvalue weighted by Gasteiger charge is -2.04. The van der Waals surface area contributed by atoms with Crippen LogP contribution in [-0.4, -0.2) is 4.57 Å². The standard InChI is InChI=1S/C16H21N/c1-12(2)8-7-11-15-13(3)14-9-5-6-10-16(14)17(15)4/h5-6,8-10H,7,11H2,1-4H3. The van der Waals surface area contributed by atoms with Crippen LogP contribution in [0.4, 0.5) is 0 Å². The van der Waals surface area contributed by atoms with Gasteiger partial charge in [-0.1, -0.05) is 29.8 Å². The first-order chi connectivity index (χ1) is 8.11. The van der Waals surface area contributed by atoms with Crippen molar-refractivity contribution < 1.29 is 0 Å². The van der Waals surface area contributed by atoms with Gasteiger partial charge in [-0.15, -0.1) is 0 Å². The Bertz CT molecular complexity index is 515. The predicted molar refractivity (Wildman–Crippen MR) is 75.4 cm³/mol. The second-order valence-electron chi connectivity index (χ2n) is 4.97. The molecule has 0 fully saturated rings. The highest BCUT2D eigenvalue weighted by molar-refractivity contribution is 5.85. The molecule has 0 unspecified atom stereocenters. The Labute approximate surface area is 104 Å². The zero-order valence-electron chi connectivity index (χ0n) is 11.2. The lowest BCUT2D eigenvalue weighted by atomic mass is 10.1. The van der Waals surface area contributed by atoms with Crippen molar-refractivity contribution in [3.63, 3.8) is 0 Å². The molecule has 1 aromatic heterocycles. The number of hydrogen-bond acceptors (Lipinski definition) is 0. The van der Waals surface area contributed by atoms with Gasteiger partial charge in [0.05, 0.1) is 0 Å². The molecule has 0 spiro atoms. The Kier molecular flexibility index (Phi) is 3.37. The number of para-hydroxylation sites is 1. The smallest absolute Gasteiger partial charge is 0.0482 e. The molecule has 0 amide bonds. The minimum Gasteiger partial charge on any atom is -0.347 e. The zero-order valence-corrected chi connectivity index (χ0v) is 11.2. The topological polar surface area (TPSA) is 4.93 Å². The van der Waals surface area contributed by atoms with E-state index in [0.29, 0.717) is 0 Å². The van der Waals surface area contributed by atoms with E-state index in [1.165, 1.54) is 27.7 Å². The molecule has 0 bridgehead atoms. The Morgan fingerprint density at radius 1 is 1.24 bits per heavy atom. The maximum atomic E-state index is 2.34. The molecule has 0 N–H and O–H groups in total. The largest absolute Gasteiger partial charge is 0.347 e. The first-order valence-electron chi connectivity index (χ1n) is 6.27. The lowest BCUT2D eigenvalue weighted by Crippen LogP contribution is -1.97. The lowest BCUT2D eigenvalue weighted by molar-refractivity contribution is 0.822. The highest BCUT2D eigenvalue weighted by Gasteiger charge is 2.09. The second-order valence-corrected chi connectivity index (χ2v) is 4.97. The number of benzene rings is 1. The third-order valence-corrected chi connectivity index (χ3v) is 3.44. The molecule has 0 aliphatic carbocycles. The number of aryl methyl sites for hydroxylation is 2. The van der Waals surface area contributed by atoms with E-state index in [4.69, 9.17) is 0 Å². The Morgan fingerprint density at radius 2 is 1.94 bits per heavy atom. The van der Waals surface area contributed by atoms with Gasteiger partial charge in [-0.3, -0.25) is 0 Å². The summed E-state index contributed by atoms with van der Waals surface area (Å²) in [7, 11) is 2.17. The average Bonchev–Trinajstić information content (AvgIpc) is 2.54. The van der Waals surface area contributed by atoms with Crippen LogP contribution in [0.1, 0.15) is 31.5 Å². The van der Waals surface area contributed by atoms with E-state index < -0.39 is 0 Å². The molecule has 0 saturated carbocycles. The van der Waals surface area contributed by atoms with Crippen LogP contribution < -0.4 is 0 Å². The van der Waals surface area contributed by atoms with Gasteiger partial charge in [-0.2, -0.15) is 0 Å². The van der Waals surface area contributed by atoms with Crippen LogP contribution in [0.2, 0.25) is 0 Å². The van der Waals surface area contributed by atoms with E-state index in [9.17, 15) is 0 Å². The average molecular weight is 227 g/mol. The highest BCUT2D eigenvalue weighted by atomic mass is 14.9. The zero-order chi connectivity index (χ0) is 12.4. The summed E-state index contributed by atoms with van der Waals surface area (Å²) in [5.74, 6) is 0. The van der Waals surface area contributed by atoms with Gasteiger partial charge in [0.25, 0.3) is 0 Å². The van der Waals surface area contributed by atoms with E-state index in [1.54, 1.807) is 0 Å². The van der Waals surface area contributed by atoms with Gasteiger partial charge in [-0.05, 0) is 45.2 Å². The summed E-state index contributed by atoms with van der Waals surface area (Å²) in [6.07, 6.45) is 4.58. The van der Waals surface area contributed by atoms with Gasteiger partial charge in [0.1, 0.15) is 0 Å². The summed E-state index contributed by atoms with van der Waals surface area (Å²) in [5.41, 5.74) is 5.65. The van der Waals surface area contributed by atoms with E-state index >= 15 is 0 Å². The van der Waals surface area contributed by atoms with Crippen molar-refractivity contribution in [2.75, 3.05) is 0 Å². The number of aromatic nitrogens is 1. The normalized spacial score (nSPS) is 10.8. The second kappa shape index (κ2) is 4.79. The third-order valence-electron chi connectivity index (χ3n) is 3.44. The maximum absolute atomic E-state index is 2.34. The highest BCUT2D eigenvalue weighted by Crippen LogP contribution is 2.25. The van der Waals surface area contributed by atoms with Crippen molar-refractivity contribution in [3.05, 3.63) is 47.2 Å². The molecule has 90 valence electrons. The fourth-order valence-corrected chi connectivity index (χ4v) is 2.49. The van der Waals surface area contributed by atoms with Crippen LogP contribution in [0.3, 0.4) is 0 Å². The molecule has 1 nitrogen and oxygen atoms in total. The summed E-state index contributed by atoms with van der Waals surface area (Å²) in [4.78, 5) is 0. The van der Waals surface area contributed by atoms with Crippen LogP contribution >= 0.6 is 0 Å². The molecule has 0 atom stereocenters. The van der Waals surface area contributed by atoms with Gasteiger partial charge in [0, 0.05) is 23.6 Å². The van der Waals surface area contributed by atoms with Gasteiger partial charge in [0.2, 0.25) is 0 Å². The van der Waals surface area contributed by atoms with Crippen molar-refractivity contribution in [3.8, 4) is 0 Å². The van der Waals surface area contributed by atoms with E-state index in [-0.39, 0.29) is 0 Å². The fraction of sp³-hybridized carbons (Fsp3) is 0.375. The van der Waals surface area contributed by atoms with Crippen LogP contribution in [0.25, 0.3) is 10.9 Å². The molecular formula is C16H21N. The SMILES string of the molecule is CC(C)=CCCc1c(C)c2ccccc2n1C. The number of nitrogens with zero attached hydrogens (tertiary/aromatic N) is 1. The molecule has 1 aromatic carbocycles. The van der Waals surface area contributed by atoms with E-state index in [0.717, 1.165) is 12.8 Å². The van der Waals surface area contributed by atoms with Gasteiger partial charge < -0.3 is 4.57 Å². The van der Waals surface area contributed by atoms with Crippen LogP contribution in [-0.2, 0) is 13.5 Å². The Morgan fingerprint density at radius 3 is 2.59 bits per heavy atom. The van der Waals surface area contributed by atoms with Gasteiger partial charge >= 0.3 is 0 Å². The van der Waals surface area contributed by atoms with Crippen LogP contribution in [0.5, 0.6) is 0 Å². The van der Waals surface area contributed by atoms with Crippen molar-refractivity contribution in [1.82, 2.24) is 4.57 Å². The van der Waals surface area contributed by atoms with Crippen LogP contribution in [0.15, 0.2) is 35.9 Å². The predicted octanol–water partition coefficient (Wildman–Crippen LogP) is 4.39. The van der Waals surface area contributed by atoms with Crippen molar-refractivity contribution in [2.24, 2.45) is 7.05 Å². The molecule has 0 aliphatic rings. The number of hydrogen-bond donors (Lipinski definition) is 0. The monoisotopic (exact) mass is 227 g/mol.